The molecule has 0 fully saturated rings. The molecule has 0 spiro atoms. The van der Waals surface area contributed by atoms with E-state index in [-0.39, 0.29) is 17.8 Å². The van der Waals surface area contributed by atoms with Crippen LogP contribution < -0.4 is 0 Å². The van der Waals surface area contributed by atoms with Gasteiger partial charge in [-0.1, -0.05) is 13.8 Å². The molecular weight excluding hydrogens is 210 g/mol. The zero-order valence-corrected chi connectivity index (χ0v) is 9.71. The molecule has 0 saturated carbocycles. The van der Waals surface area contributed by atoms with Crippen LogP contribution in [0.3, 0.4) is 0 Å². The van der Waals surface area contributed by atoms with Crippen molar-refractivity contribution >= 4 is 0 Å². The molecule has 1 unspecified atom stereocenters. The Balaban J connectivity index is 2.45. The molecule has 1 nitrogen and oxygen atoms in total. The highest BCUT2D eigenvalue weighted by atomic mass is 19.1. The lowest BCUT2D eigenvalue weighted by molar-refractivity contribution is 0.114. The van der Waals surface area contributed by atoms with Crippen LogP contribution in [-0.4, -0.2) is 11.2 Å². The van der Waals surface area contributed by atoms with Crippen LogP contribution in [0.15, 0.2) is 18.2 Å². The average Bonchev–Trinajstić information content (AvgIpc) is 2.22. The summed E-state index contributed by atoms with van der Waals surface area (Å²) < 4.78 is 26.1. The fourth-order valence-corrected chi connectivity index (χ4v) is 1.57. The normalized spacial score (nSPS) is 13.1. The summed E-state index contributed by atoms with van der Waals surface area (Å²) in [7, 11) is 0. The number of hydrogen-bond donors (Lipinski definition) is 1. The van der Waals surface area contributed by atoms with Crippen LogP contribution in [0, 0.1) is 17.6 Å². The maximum atomic E-state index is 13.2. The quantitative estimate of drug-likeness (QED) is 0.819. The van der Waals surface area contributed by atoms with Crippen LogP contribution in [0.4, 0.5) is 8.78 Å². The van der Waals surface area contributed by atoms with Gasteiger partial charge >= 0.3 is 0 Å². The van der Waals surface area contributed by atoms with Gasteiger partial charge in [0.25, 0.3) is 0 Å². The largest absolute Gasteiger partial charge is 0.393 e. The maximum absolute atomic E-state index is 13.2. The molecule has 16 heavy (non-hydrogen) atoms. The summed E-state index contributed by atoms with van der Waals surface area (Å²) in [6.07, 6.45) is 1.39. The molecule has 1 N–H and O–H groups in total. The average molecular weight is 228 g/mol. The SMILES string of the molecule is CC(C)C(O)CCCc1cc(F)ccc1F. The zero-order chi connectivity index (χ0) is 12.1. The van der Waals surface area contributed by atoms with Crippen LogP contribution in [0.2, 0.25) is 0 Å². The third-order valence-corrected chi connectivity index (χ3v) is 2.72. The minimum Gasteiger partial charge on any atom is -0.393 e. The van der Waals surface area contributed by atoms with E-state index in [2.05, 4.69) is 0 Å². The minimum absolute atomic E-state index is 0.206. The Morgan fingerprint density at radius 3 is 2.56 bits per heavy atom. The fraction of sp³-hybridized carbons (Fsp3) is 0.538. The van der Waals surface area contributed by atoms with Crippen molar-refractivity contribution in [3.05, 3.63) is 35.4 Å². The van der Waals surface area contributed by atoms with Gasteiger partial charge < -0.3 is 5.11 Å². The molecule has 0 aliphatic carbocycles. The van der Waals surface area contributed by atoms with E-state index < -0.39 is 5.82 Å². The lowest BCUT2D eigenvalue weighted by Crippen LogP contribution is -2.14. The smallest absolute Gasteiger partial charge is 0.126 e. The summed E-state index contributed by atoms with van der Waals surface area (Å²) in [4.78, 5) is 0. The van der Waals surface area contributed by atoms with Gasteiger partial charge in [-0.25, -0.2) is 8.78 Å². The van der Waals surface area contributed by atoms with Crippen LogP contribution >= 0.6 is 0 Å². The zero-order valence-electron chi connectivity index (χ0n) is 9.71. The molecule has 0 saturated heterocycles. The topological polar surface area (TPSA) is 20.2 Å². The second-order valence-electron chi connectivity index (χ2n) is 4.44. The van der Waals surface area contributed by atoms with Crippen molar-refractivity contribution in [1.82, 2.24) is 0 Å². The van der Waals surface area contributed by atoms with Crippen LogP contribution in [0.1, 0.15) is 32.3 Å². The second-order valence-corrected chi connectivity index (χ2v) is 4.44. The third-order valence-electron chi connectivity index (χ3n) is 2.72. The van der Waals surface area contributed by atoms with E-state index in [1.54, 1.807) is 0 Å². The molecule has 0 radical (unpaired) electrons. The molecule has 90 valence electrons. The molecule has 0 heterocycles. The van der Waals surface area contributed by atoms with Gasteiger partial charge in [0.1, 0.15) is 11.6 Å². The van der Waals surface area contributed by atoms with Crippen molar-refractivity contribution < 1.29 is 13.9 Å². The van der Waals surface area contributed by atoms with E-state index in [9.17, 15) is 13.9 Å². The van der Waals surface area contributed by atoms with Crippen LogP contribution in [0.25, 0.3) is 0 Å². The van der Waals surface area contributed by atoms with Gasteiger partial charge in [-0.15, -0.1) is 0 Å². The molecule has 0 aliphatic rings. The molecule has 0 amide bonds. The lowest BCUT2D eigenvalue weighted by atomic mass is 9.99. The first-order chi connectivity index (χ1) is 7.50. The fourth-order valence-electron chi connectivity index (χ4n) is 1.57. The summed E-state index contributed by atoms with van der Waals surface area (Å²) in [5.74, 6) is -0.585. The number of aliphatic hydroxyl groups excluding tert-OH is 1. The highest BCUT2D eigenvalue weighted by molar-refractivity contribution is 5.18. The van der Waals surface area contributed by atoms with Crippen LogP contribution in [-0.2, 0) is 6.42 Å². The Morgan fingerprint density at radius 1 is 1.25 bits per heavy atom. The molecule has 1 rings (SSSR count). The minimum atomic E-state index is -0.416. The van der Waals surface area contributed by atoms with Crippen molar-refractivity contribution in [3.8, 4) is 0 Å². The summed E-state index contributed by atoms with van der Waals surface area (Å²) in [5.41, 5.74) is 0.385. The van der Waals surface area contributed by atoms with Gasteiger partial charge in [0, 0.05) is 0 Å². The van der Waals surface area contributed by atoms with Crippen molar-refractivity contribution in [3.63, 3.8) is 0 Å². The maximum Gasteiger partial charge on any atom is 0.126 e. The Hall–Kier alpha value is -0.960. The lowest BCUT2D eigenvalue weighted by Gasteiger charge is -2.13. The van der Waals surface area contributed by atoms with Crippen LogP contribution in [0.5, 0.6) is 0 Å². The number of aryl methyl sites for hydroxylation is 1. The summed E-state index contributed by atoms with van der Waals surface area (Å²) in [6, 6.07) is 3.47. The second kappa shape index (κ2) is 5.94. The molecule has 3 heteroatoms. The molecule has 1 aromatic carbocycles. The van der Waals surface area contributed by atoms with E-state index in [0.717, 1.165) is 12.1 Å². The number of halogens is 2. The predicted octanol–water partition coefficient (Wildman–Crippen LogP) is 3.30. The number of hydrogen-bond acceptors (Lipinski definition) is 1. The molecule has 1 aromatic rings. The first-order valence-electron chi connectivity index (χ1n) is 5.62. The van der Waals surface area contributed by atoms with Gasteiger partial charge in [0.2, 0.25) is 0 Å². The Labute approximate surface area is 95.1 Å². The highest BCUT2D eigenvalue weighted by Crippen LogP contribution is 2.15. The van der Waals surface area contributed by atoms with Crippen molar-refractivity contribution in [1.29, 1.82) is 0 Å². The predicted molar refractivity (Wildman–Crippen MR) is 60.1 cm³/mol. The molecule has 0 bridgehead atoms. The van der Waals surface area contributed by atoms with Gasteiger partial charge in [0.15, 0.2) is 0 Å². The summed E-state index contributed by atoms with van der Waals surface area (Å²) >= 11 is 0. The summed E-state index contributed by atoms with van der Waals surface area (Å²) in [5, 5.41) is 9.56. The Kier molecular flexibility index (Phi) is 4.87. The highest BCUT2D eigenvalue weighted by Gasteiger charge is 2.10. The molecular formula is C13H18F2O. The van der Waals surface area contributed by atoms with Gasteiger partial charge in [0.05, 0.1) is 6.10 Å². The van der Waals surface area contributed by atoms with E-state index in [0.29, 0.717) is 24.8 Å². The molecule has 1 atom stereocenters. The van der Waals surface area contributed by atoms with Crippen molar-refractivity contribution in [2.45, 2.75) is 39.2 Å². The Bertz CT molecular complexity index is 337. The van der Waals surface area contributed by atoms with E-state index in [4.69, 9.17) is 0 Å². The van der Waals surface area contributed by atoms with E-state index >= 15 is 0 Å². The first kappa shape index (κ1) is 13.1. The third kappa shape index (κ3) is 3.89. The number of aliphatic hydroxyl groups is 1. The number of rotatable bonds is 5. The molecule has 0 aliphatic heterocycles. The van der Waals surface area contributed by atoms with Gasteiger partial charge in [-0.3, -0.25) is 0 Å². The van der Waals surface area contributed by atoms with Gasteiger partial charge in [-0.2, -0.15) is 0 Å². The van der Waals surface area contributed by atoms with Gasteiger partial charge in [-0.05, 0) is 48.9 Å². The van der Waals surface area contributed by atoms with Crippen molar-refractivity contribution in [2.24, 2.45) is 5.92 Å². The summed E-state index contributed by atoms with van der Waals surface area (Å²) in [6.45, 7) is 3.88. The molecule has 0 aromatic heterocycles. The first-order valence-corrected chi connectivity index (χ1v) is 5.62. The van der Waals surface area contributed by atoms with E-state index in [1.807, 2.05) is 13.8 Å². The standard InChI is InChI=1S/C13H18F2O/c1-9(2)13(16)5-3-4-10-8-11(14)6-7-12(10)15/h6-9,13,16H,3-5H2,1-2H3. The van der Waals surface area contributed by atoms with Crippen molar-refractivity contribution in [2.75, 3.05) is 0 Å². The van der Waals surface area contributed by atoms with E-state index in [1.165, 1.54) is 6.07 Å². The number of benzene rings is 1. The Morgan fingerprint density at radius 2 is 1.94 bits per heavy atom. The monoisotopic (exact) mass is 228 g/mol.